The van der Waals surface area contributed by atoms with Crippen LogP contribution in [0.1, 0.15) is 18.4 Å². The number of benzene rings is 1. The minimum absolute atomic E-state index is 0.120. The molecule has 1 atom stereocenters. The summed E-state index contributed by atoms with van der Waals surface area (Å²) < 4.78 is 32.8. The number of ether oxygens (including phenoxy) is 1. The van der Waals surface area contributed by atoms with Crippen LogP contribution in [0.4, 0.5) is 0 Å². The van der Waals surface area contributed by atoms with E-state index in [9.17, 15) is 8.42 Å². The third-order valence-corrected chi connectivity index (χ3v) is 5.86. The molecule has 7 heteroatoms. The van der Waals surface area contributed by atoms with Crippen LogP contribution in [0.3, 0.4) is 0 Å². The Kier molecular flexibility index (Phi) is 5.27. The molecule has 0 saturated carbocycles. The Morgan fingerprint density at radius 2 is 2.24 bits per heavy atom. The molecule has 1 heterocycles. The molecule has 1 aromatic rings. The Balaban J connectivity index is 2.16. The predicted molar refractivity (Wildman–Crippen MR) is 83.2 cm³/mol. The monoisotopic (exact) mass is 332 g/mol. The van der Waals surface area contributed by atoms with Gasteiger partial charge in [-0.1, -0.05) is 23.7 Å². The summed E-state index contributed by atoms with van der Waals surface area (Å²) in [6, 6.07) is 4.99. The van der Waals surface area contributed by atoms with Crippen molar-refractivity contribution < 1.29 is 13.2 Å². The minimum Gasteiger partial charge on any atom is -0.383 e. The number of aryl methyl sites for hydroxylation is 1. The van der Waals surface area contributed by atoms with Crippen molar-refractivity contribution in [2.75, 3.05) is 26.8 Å². The summed E-state index contributed by atoms with van der Waals surface area (Å²) in [6.07, 6.45) is 1.89. The van der Waals surface area contributed by atoms with E-state index in [2.05, 4.69) is 10.0 Å². The molecule has 1 unspecified atom stereocenters. The second-order valence-electron chi connectivity index (χ2n) is 5.46. The Hall–Kier alpha value is -0.660. The van der Waals surface area contributed by atoms with Gasteiger partial charge in [0.25, 0.3) is 0 Å². The van der Waals surface area contributed by atoms with E-state index in [1.54, 1.807) is 26.2 Å². The van der Waals surface area contributed by atoms with Crippen LogP contribution < -0.4 is 10.0 Å². The largest absolute Gasteiger partial charge is 0.383 e. The smallest absolute Gasteiger partial charge is 0.242 e. The van der Waals surface area contributed by atoms with Crippen molar-refractivity contribution in [2.45, 2.75) is 30.2 Å². The van der Waals surface area contributed by atoms with Crippen molar-refractivity contribution in [2.24, 2.45) is 0 Å². The van der Waals surface area contributed by atoms with E-state index in [1.165, 1.54) is 6.07 Å². The van der Waals surface area contributed by atoms with Crippen LogP contribution in [-0.4, -0.2) is 40.8 Å². The van der Waals surface area contributed by atoms with Crippen LogP contribution in [0.2, 0.25) is 5.02 Å². The van der Waals surface area contributed by atoms with Crippen LogP contribution in [0.5, 0.6) is 0 Å². The standard InChI is InChI=1S/C14H21ClN2O3S/c1-11-5-3-6-12(13(11)15)21(18,19)17-9-14(10-20-2)7-4-8-16-14/h3,5-6,16-17H,4,7-10H2,1-2H3. The van der Waals surface area contributed by atoms with E-state index >= 15 is 0 Å². The summed E-state index contributed by atoms with van der Waals surface area (Å²) in [5.74, 6) is 0. The van der Waals surface area contributed by atoms with Crippen molar-refractivity contribution in [3.8, 4) is 0 Å². The number of hydrogen-bond acceptors (Lipinski definition) is 4. The van der Waals surface area contributed by atoms with Gasteiger partial charge in [0.05, 0.1) is 17.2 Å². The first-order chi connectivity index (χ1) is 9.90. The maximum atomic E-state index is 12.4. The van der Waals surface area contributed by atoms with E-state index in [-0.39, 0.29) is 22.0 Å². The van der Waals surface area contributed by atoms with E-state index in [4.69, 9.17) is 16.3 Å². The zero-order chi connectivity index (χ0) is 15.5. The Morgan fingerprint density at radius 1 is 1.48 bits per heavy atom. The van der Waals surface area contributed by atoms with Gasteiger partial charge in [-0.25, -0.2) is 13.1 Å². The third-order valence-electron chi connectivity index (χ3n) is 3.80. The van der Waals surface area contributed by atoms with E-state index in [0.717, 1.165) is 24.9 Å². The minimum atomic E-state index is -3.63. The maximum absolute atomic E-state index is 12.4. The quantitative estimate of drug-likeness (QED) is 0.832. The lowest BCUT2D eigenvalue weighted by Gasteiger charge is -2.29. The summed E-state index contributed by atoms with van der Waals surface area (Å²) in [7, 11) is -2.02. The molecule has 1 saturated heterocycles. The number of nitrogens with one attached hydrogen (secondary N) is 2. The van der Waals surface area contributed by atoms with Crippen molar-refractivity contribution >= 4 is 21.6 Å². The van der Waals surface area contributed by atoms with Gasteiger partial charge in [-0.2, -0.15) is 0 Å². The third kappa shape index (κ3) is 3.76. The Labute approximate surface area is 131 Å². The molecule has 0 spiro atoms. The lowest BCUT2D eigenvalue weighted by molar-refractivity contribution is 0.122. The zero-order valence-electron chi connectivity index (χ0n) is 12.3. The summed E-state index contributed by atoms with van der Waals surface area (Å²) in [4.78, 5) is 0.120. The van der Waals surface area contributed by atoms with Crippen LogP contribution in [-0.2, 0) is 14.8 Å². The van der Waals surface area contributed by atoms with Gasteiger partial charge < -0.3 is 10.1 Å². The second kappa shape index (κ2) is 6.62. The molecule has 0 aromatic heterocycles. The first-order valence-corrected chi connectivity index (χ1v) is 8.75. The van der Waals surface area contributed by atoms with Gasteiger partial charge in [0.1, 0.15) is 4.90 Å². The van der Waals surface area contributed by atoms with Crippen LogP contribution >= 0.6 is 11.6 Å². The van der Waals surface area contributed by atoms with Crippen LogP contribution in [0.25, 0.3) is 0 Å². The van der Waals surface area contributed by atoms with Gasteiger partial charge in [0, 0.05) is 13.7 Å². The number of hydrogen-bond donors (Lipinski definition) is 2. The number of sulfonamides is 1. The van der Waals surface area contributed by atoms with Crippen molar-refractivity contribution in [3.63, 3.8) is 0 Å². The SMILES string of the molecule is COCC1(CNS(=O)(=O)c2cccc(C)c2Cl)CCCN1. The number of halogens is 1. The summed E-state index contributed by atoms with van der Waals surface area (Å²) in [5.41, 5.74) is 0.406. The molecule has 0 bridgehead atoms. The van der Waals surface area contributed by atoms with E-state index in [1.807, 2.05) is 0 Å². The lowest BCUT2D eigenvalue weighted by Crippen LogP contribution is -2.52. The molecular formula is C14H21ClN2O3S. The van der Waals surface area contributed by atoms with Gasteiger partial charge in [-0.3, -0.25) is 0 Å². The highest BCUT2D eigenvalue weighted by Gasteiger charge is 2.35. The normalized spacial score (nSPS) is 22.6. The fourth-order valence-corrected chi connectivity index (χ4v) is 4.32. The van der Waals surface area contributed by atoms with Gasteiger partial charge in [0.15, 0.2) is 0 Å². The molecule has 0 aliphatic carbocycles. The Morgan fingerprint density at radius 3 is 2.86 bits per heavy atom. The lowest BCUT2D eigenvalue weighted by atomic mass is 9.99. The van der Waals surface area contributed by atoms with E-state index in [0.29, 0.717) is 6.61 Å². The first kappa shape index (κ1) is 16.7. The molecule has 5 nitrogen and oxygen atoms in total. The molecule has 1 aliphatic rings. The van der Waals surface area contributed by atoms with Crippen LogP contribution in [0.15, 0.2) is 23.1 Å². The number of rotatable bonds is 6. The van der Waals surface area contributed by atoms with Gasteiger partial charge in [-0.15, -0.1) is 0 Å². The molecule has 21 heavy (non-hydrogen) atoms. The number of methoxy groups -OCH3 is 1. The molecule has 118 valence electrons. The fourth-order valence-electron chi connectivity index (χ4n) is 2.61. The van der Waals surface area contributed by atoms with Gasteiger partial charge in [-0.05, 0) is 37.9 Å². The maximum Gasteiger partial charge on any atom is 0.242 e. The predicted octanol–water partition coefficient (Wildman–Crippen LogP) is 1.70. The zero-order valence-corrected chi connectivity index (χ0v) is 13.9. The highest BCUT2D eigenvalue weighted by Crippen LogP contribution is 2.25. The molecule has 1 aliphatic heterocycles. The second-order valence-corrected chi connectivity index (χ2v) is 7.57. The fraction of sp³-hybridized carbons (Fsp3) is 0.571. The topological polar surface area (TPSA) is 67.4 Å². The summed E-state index contributed by atoms with van der Waals surface area (Å²) in [5, 5.41) is 3.60. The van der Waals surface area contributed by atoms with Crippen molar-refractivity contribution in [1.82, 2.24) is 10.0 Å². The molecule has 2 N–H and O–H groups in total. The molecular weight excluding hydrogens is 312 g/mol. The average molecular weight is 333 g/mol. The van der Waals surface area contributed by atoms with Gasteiger partial charge in [0.2, 0.25) is 10.0 Å². The van der Waals surface area contributed by atoms with Crippen molar-refractivity contribution in [1.29, 1.82) is 0 Å². The molecule has 2 rings (SSSR count). The van der Waals surface area contributed by atoms with Crippen LogP contribution in [0, 0.1) is 6.92 Å². The molecule has 1 aromatic carbocycles. The highest BCUT2D eigenvalue weighted by molar-refractivity contribution is 7.89. The highest BCUT2D eigenvalue weighted by atomic mass is 35.5. The average Bonchev–Trinajstić information content (AvgIpc) is 2.89. The van der Waals surface area contributed by atoms with Crippen molar-refractivity contribution in [3.05, 3.63) is 28.8 Å². The molecule has 1 fully saturated rings. The molecule has 0 radical (unpaired) electrons. The summed E-state index contributed by atoms with van der Waals surface area (Å²) in [6.45, 7) is 3.41. The molecule has 0 amide bonds. The Bertz CT molecular complexity index is 598. The van der Waals surface area contributed by atoms with E-state index < -0.39 is 10.0 Å². The first-order valence-electron chi connectivity index (χ1n) is 6.89. The van der Waals surface area contributed by atoms with Gasteiger partial charge >= 0.3 is 0 Å². The summed E-state index contributed by atoms with van der Waals surface area (Å²) >= 11 is 6.11.